The molecule has 0 rings (SSSR count). The van der Waals surface area contributed by atoms with E-state index in [4.69, 9.17) is 0 Å². The number of hydrogen-bond donors (Lipinski definition) is 2. The molecular weight excluding hydrogens is 270 g/mol. The second kappa shape index (κ2) is 10.2. The number of rotatable bonds is 8. The average molecular weight is 304 g/mol. The molecule has 0 spiro atoms. The van der Waals surface area contributed by atoms with Crippen LogP contribution in [0.2, 0.25) is 0 Å². The van der Waals surface area contributed by atoms with E-state index in [2.05, 4.69) is 36.4 Å². The summed E-state index contributed by atoms with van der Waals surface area (Å²) < 4.78 is 11.8. The summed E-state index contributed by atoms with van der Waals surface area (Å²) in [5.41, 5.74) is 0. The summed E-state index contributed by atoms with van der Waals surface area (Å²) in [6, 6.07) is 0. The van der Waals surface area contributed by atoms with Crippen LogP contribution >= 0.6 is 0 Å². The van der Waals surface area contributed by atoms with Gasteiger partial charge in [-0.15, -0.1) is 0 Å². The summed E-state index contributed by atoms with van der Waals surface area (Å²) in [4.78, 5) is 4.54. The highest BCUT2D eigenvalue weighted by atomic mass is 32.2. The molecule has 0 bridgehead atoms. The van der Waals surface area contributed by atoms with Crippen molar-refractivity contribution in [2.24, 2.45) is 10.9 Å². The van der Waals surface area contributed by atoms with Crippen molar-refractivity contribution in [3.63, 3.8) is 0 Å². The third-order valence-electron chi connectivity index (χ3n) is 2.82. The molecule has 1 unspecified atom stereocenters. The molecular formula is C15H33N3OS. The normalized spacial score (nSPS) is 14.4. The van der Waals surface area contributed by atoms with Crippen molar-refractivity contribution < 1.29 is 4.21 Å². The zero-order chi connectivity index (χ0) is 15.6. The van der Waals surface area contributed by atoms with Gasteiger partial charge in [0.25, 0.3) is 0 Å². The lowest BCUT2D eigenvalue weighted by Gasteiger charge is -2.18. The molecule has 0 saturated heterocycles. The lowest BCUT2D eigenvalue weighted by molar-refractivity contribution is 0.560. The molecule has 0 aromatic heterocycles. The minimum atomic E-state index is -0.816. The molecule has 2 N–H and O–H groups in total. The monoisotopic (exact) mass is 303 g/mol. The maximum absolute atomic E-state index is 12.0. The highest BCUT2D eigenvalue weighted by molar-refractivity contribution is 7.86. The van der Waals surface area contributed by atoms with Crippen molar-refractivity contribution in [2.75, 3.05) is 25.4 Å². The molecule has 0 aliphatic rings. The van der Waals surface area contributed by atoms with Crippen LogP contribution in [-0.2, 0) is 10.8 Å². The van der Waals surface area contributed by atoms with Gasteiger partial charge in [0.1, 0.15) is 0 Å². The van der Waals surface area contributed by atoms with Gasteiger partial charge >= 0.3 is 0 Å². The first-order chi connectivity index (χ1) is 9.27. The zero-order valence-electron chi connectivity index (χ0n) is 14.1. The predicted molar refractivity (Wildman–Crippen MR) is 90.8 cm³/mol. The maximum Gasteiger partial charge on any atom is 0.191 e. The number of aliphatic imine (C=N–C) groups is 1. The van der Waals surface area contributed by atoms with Crippen molar-refractivity contribution in [3.8, 4) is 0 Å². The van der Waals surface area contributed by atoms with E-state index >= 15 is 0 Å². The Morgan fingerprint density at radius 2 is 1.90 bits per heavy atom. The van der Waals surface area contributed by atoms with Crippen LogP contribution < -0.4 is 10.6 Å². The summed E-state index contributed by atoms with van der Waals surface area (Å²) in [5, 5.41) is 6.48. The van der Waals surface area contributed by atoms with Gasteiger partial charge in [-0.2, -0.15) is 0 Å². The van der Waals surface area contributed by atoms with Crippen LogP contribution in [0.5, 0.6) is 0 Å². The molecule has 0 amide bonds. The molecule has 5 heteroatoms. The Morgan fingerprint density at radius 3 is 2.40 bits per heavy atom. The van der Waals surface area contributed by atoms with Crippen molar-refractivity contribution in [3.05, 3.63) is 0 Å². The van der Waals surface area contributed by atoms with Gasteiger partial charge in [-0.05, 0) is 46.5 Å². The van der Waals surface area contributed by atoms with Crippen molar-refractivity contribution in [2.45, 2.75) is 59.1 Å². The standard InChI is InChI=1S/C15H33N3OS/c1-7-16-14(17-10-8-9-13(2)3)18-11-12-20(19)15(4,5)6/h13H,7-12H2,1-6H3,(H2,16,17,18). The van der Waals surface area contributed by atoms with E-state index in [1.165, 1.54) is 6.42 Å². The molecule has 120 valence electrons. The number of nitrogens with one attached hydrogen (secondary N) is 2. The molecule has 0 aromatic carbocycles. The molecule has 0 aliphatic heterocycles. The minimum Gasteiger partial charge on any atom is -0.357 e. The Hall–Kier alpha value is -0.580. The Bertz CT molecular complexity index is 309. The first-order valence-corrected chi connectivity index (χ1v) is 9.00. The summed E-state index contributed by atoms with van der Waals surface area (Å²) in [7, 11) is -0.816. The first-order valence-electron chi connectivity index (χ1n) is 7.68. The lowest BCUT2D eigenvalue weighted by atomic mass is 10.1. The Labute approximate surface area is 127 Å². The highest BCUT2D eigenvalue weighted by Crippen LogP contribution is 2.10. The topological polar surface area (TPSA) is 53.5 Å². The van der Waals surface area contributed by atoms with Crippen LogP contribution in [0.15, 0.2) is 4.99 Å². The molecule has 0 aliphatic carbocycles. The van der Waals surface area contributed by atoms with Gasteiger partial charge in [-0.3, -0.25) is 9.20 Å². The molecule has 0 aromatic rings. The maximum atomic E-state index is 12.0. The van der Waals surface area contributed by atoms with Gasteiger partial charge in [0, 0.05) is 40.9 Å². The molecule has 0 heterocycles. The minimum absolute atomic E-state index is 0.144. The van der Waals surface area contributed by atoms with Gasteiger partial charge in [0.15, 0.2) is 5.96 Å². The van der Waals surface area contributed by atoms with E-state index in [9.17, 15) is 4.21 Å². The summed E-state index contributed by atoms with van der Waals surface area (Å²) in [5.74, 6) is 2.22. The first kappa shape index (κ1) is 19.4. The second-order valence-electron chi connectivity index (χ2n) is 6.39. The van der Waals surface area contributed by atoms with E-state index in [0.29, 0.717) is 12.3 Å². The van der Waals surface area contributed by atoms with Gasteiger partial charge in [-0.25, -0.2) is 0 Å². The van der Waals surface area contributed by atoms with E-state index in [-0.39, 0.29) is 4.75 Å². The van der Waals surface area contributed by atoms with Gasteiger partial charge in [0.2, 0.25) is 0 Å². The summed E-state index contributed by atoms with van der Waals surface area (Å²) in [6.45, 7) is 14.9. The Balaban J connectivity index is 4.08. The Kier molecular flexibility index (Phi) is 9.90. The molecule has 4 nitrogen and oxygen atoms in total. The molecule has 1 atom stereocenters. The summed E-state index contributed by atoms with van der Waals surface area (Å²) >= 11 is 0. The van der Waals surface area contributed by atoms with Crippen LogP contribution in [0.4, 0.5) is 0 Å². The largest absolute Gasteiger partial charge is 0.357 e. The third kappa shape index (κ3) is 10.2. The van der Waals surface area contributed by atoms with Crippen molar-refractivity contribution in [1.82, 2.24) is 10.6 Å². The predicted octanol–water partition coefficient (Wildman–Crippen LogP) is 2.52. The van der Waals surface area contributed by atoms with E-state index in [1.54, 1.807) is 0 Å². The van der Waals surface area contributed by atoms with Crippen LogP contribution in [0.3, 0.4) is 0 Å². The second-order valence-corrected chi connectivity index (χ2v) is 8.71. The van der Waals surface area contributed by atoms with Crippen LogP contribution in [0, 0.1) is 5.92 Å². The lowest BCUT2D eigenvalue weighted by Crippen LogP contribution is -2.40. The van der Waals surface area contributed by atoms with Gasteiger partial charge < -0.3 is 10.6 Å². The van der Waals surface area contributed by atoms with Gasteiger partial charge in [0.05, 0.1) is 0 Å². The van der Waals surface area contributed by atoms with E-state index in [1.807, 2.05) is 20.8 Å². The van der Waals surface area contributed by atoms with Crippen LogP contribution in [0.1, 0.15) is 54.4 Å². The molecule has 0 saturated carbocycles. The van der Waals surface area contributed by atoms with Crippen molar-refractivity contribution >= 4 is 16.8 Å². The highest BCUT2D eigenvalue weighted by Gasteiger charge is 2.18. The van der Waals surface area contributed by atoms with E-state index in [0.717, 1.165) is 31.4 Å². The fraction of sp³-hybridized carbons (Fsp3) is 0.933. The van der Waals surface area contributed by atoms with E-state index < -0.39 is 10.8 Å². The molecule has 20 heavy (non-hydrogen) atoms. The summed E-state index contributed by atoms with van der Waals surface area (Å²) in [6.07, 6.45) is 2.32. The molecule has 0 fully saturated rings. The number of hydrogen-bond acceptors (Lipinski definition) is 2. The average Bonchev–Trinajstić information content (AvgIpc) is 2.32. The number of nitrogens with zero attached hydrogens (tertiary/aromatic N) is 1. The Morgan fingerprint density at radius 1 is 1.25 bits per heavy atom. The van der Waals surface area contributed by atoms with Crippen LogP contribution in [0.25, 0.3) is 0 Å². The number of guanidine groups is 1. The SMILES string of the molecule is CCNC(=NCCCC(C)C)NCCS(=O)C(C)(C)C. The van der Waals surface area contributed by atoms with Crippen LogP contribution in [-0.4, -0.2) is 40.3 Å². The third-order valence-corrected chi connectivity index (χ3v) is 4.76. The fourth-order valence-corrected chi connectivity index (χ4v) is 2.50. The fourth-order valence-electron chi connectivity index (χ4n) is 1.60. The van der Waals surface area contributed by atoms with Crippen molar-refractivity contribution in [1.29, 1.82) is 0 Å². The quantitative estimate of drug-likeness (QED) is 0.411. The smallest absolute Gasteiger partial charge is 0.191 e. The van der Waals surface area contributed by atoms with Gasteiger partial charge in [-0.1, -0.05) is 13.8 Å². The zero-order valence-corrected chi connectivity index (χ0v) is 14.9. The molecule has 0 radical (unpaired) electrons.